The molecule has 0 spiro atoms. The number of aromatic nitrogens is 1. The third kappa shape index (κ3) is 5.22. The van der Waals surface area contributed by atoms with Crippen LogP contribution < -0.4 is 9.30 Å². The van der Waals surface area contributed by atoms with Crippen LogP contribution in [0.5, 0.6) is 5.75 Å². The predicted molar refractivity (Wildman–Crippen MR) is 87.7 cm³/mol. The van der Waals surface area contributed by atoms with Gasteiger partial charge in [0.15, 0.2) is 18.9 Å². The number of ether oxygens (including phenoxy) is 1. The first-order valence-electron chi connectivity index (χ1n) is 9.59. The van der Waals surface area contributed by atoms with Crippen LogP contribution in [0.3, 0.4) is 0 Å². The second-order valence-corrected chi connectivity index (χ2v) is 7.52. The van der Waals surface area contributed by atoms with E-state index in [1.807, 2.05) is 0 Å². The van der Waals surface area contributed by atoms with E-state index in [9.17, 15) is 74.6 Å². The molecule has 0 fully saturated rings. The van der Waals surface area contributed by atoms with Gasteiger partial charge >= 0.3 is 47.6 Å². The molecule has 0 N–H and O–H groups in total. The molecule has 1 heterocycles. The van der Waals surface area contributed by atoms with Crippen molar-refractivity contribution in [1.82, 2.24) is 0 Å². The zero-order valence-electron chi connectivity index (χ0n) is 17.9. The maximum Gasteiger partial charge on any atom is 0.460 e. The van der Waals surface area contributed by atoms with Crippen molar-refractivity contribution in [2.75, 3.05) is 6.61 Å². The van der Waals surface area contributed by atoms with E-state index in [1.165, 1.54) is 0 Å². The topological polar surface area (TPSA) is 13.1 Å². The number of hydrogen-bond acceptors (Lipinski definition) is 1. The first kappa shape index (κ1) is 32.8. The lowest BCUT2D eigenvalue weighted by molar-refractivity contribution is -0.700. The molecule has 0 aromatic carbocycles. The Morgan fingerprint density at radius 1 is 0.595 bits per heavy atom. The molecule has 0 aliphatic carbocycles. The number of aryl methyl sites for hydroxylation is 1. The Kier molecular flexibility index (Phi) is 8.70. The van der Waals surface area contributed by atoms with Gasteiger partial charge in [0.25, 0.3) is 0 Å². The summed E-state index contributed by atoms with van der Waals surface area (Å²) in [4.78, 5) is 0. The van der Waals surface area contributed by atoms with Crippen molar-refractivity contribution in [3.05, 3.63) is 24.5 Å². The molecule has 1 aromatic heterocycles. The summed E-state index contributed by atoms with van der Waals surface area (Å²) in [5, 5.41) is 0. The predicted octanol–water partition coefficient (Wildman–Crippen LogP) is 7.16. The second-order valence-electron chi connectivity index (χ2n) is 7.52. The molecule has 2 nitrogen and oxygen atoms in total. The Labute approximate surface area is 196 Å². The maximum atomic E-state index is 13.9. The van der Waals surface area contributed by atoms with Gasteiger partial charge in [-0.3, -0.25) is 0 Å². The lowest BCUT2D eigenvalue weighted by Gasteiger charge is -2.42. The summed E-state index contributed by atoms with van der Waals surface area (Å²) >= 11 is 0. The molecule has 0 unspecified atom stereocenters. The fraction of sp³-hybridized carbons (Fsp3) is 0.722. The fourth-order valence-electron chi connectivity index (χ4n) is 2.53. The summed E-state index contributed by atoms with van der Waals surface area (Å²) in [7, 11) is 0. The molecule has 0 aliphatic heterocycles. The largest absolute Gasteiger partial charge is 0.493 e. The molecular weight excluding hydrogens is 569 g/mol. The van der Waals surface area contributed by atoms with Crippen molar-refractivity contribution in [3.8, 4) is 5.75 Å². The van der Waals surface area contributed by atoms with Gasteiger partial charge in [0.1, 0.15) is 5.75 Å². The van der Waals surface area contributed by atoms with Crippen LogP contribution in [-0.2, 0) is 6.54 Å². The molecule has 37 heavy (non-hydrogen) atoms. The molecule has 0 aliphatic rings. The molecule has 1 aromatic rings. The highest BCUT2D eigenvalue weighted by molar-refractivity contribution is 5.16. The van der Waals surface area contributed by atoms with Gasteiger partial charge in [0.05, 0.1) is 13.0 Å². The van der Waals surface area contributed by atoms with E-state index in [1.54, 1.807) is 6.92 Å². The van der Waals surface area contributed by atoms with E-state index >= 15 is 0 Å². The number of hydrogen-bond donors (Lipinski definition) is 0. The average Bonchev–Trinajstić information content (AvgIpc) is 2.75. The normalized spacial score (nSPS) is 15.2. The fourth-order valence-corrected chi connectivity index (χ4v) is 2.53. The second kappa shape index (κ2) is 9.81. The number of nitrogens with zero attached hydrogens (tertiary/aromatic N) is 1. The summed E-state index contributed by atoms with van der Waals surface area (Å²) in [6.07, 6.45) is -8.09. The number of halogens is 17. The van der Waals surface area contributed by atoms with Crippen molar-refractivity contribution in [3.63, 3.8) is 0 Å². The van der Waals surface area contributed by atoms with Crippen molar-refractivity contribution >= 4 is 0 Å². The Morgan fingerprint density at radius 3 is 1.35 bits per heavy atom. The zero-order valence-corrected chi connectivity index (χ0v) is 17.9. The van der Waals surface area contributed by atoms with Crippen LogP contribution in [0.25, 0.3) is 0 Å². The molecule has 0 atom stereocenters. The van der Waals surface area contributed by atoms with Gasteiger partial charge in [-0.15, -0.1) is 0 Å². The first-order valence-corrected chi connectivity index (χ1v) is 9.59. The Balaban J connectivity index is 3.33. The minimum absolute atomic E-state index is 0.111. The molecule has 216 valence electrons. The highest BCUT2D eigenvalue weighted by atomic mass is 19.4. The van der Waals surface area contributed by atoms with E-state index in [4.69, 9.17) is 4.74 Å². The summed E-state index contributed by atoms with van der Waals surface area (Å²) in [5.41, 5.74) is 0. The maximum absolute atomic E-state index is 13.9. The molecule has 1 rings (SSSR count). The third-order valence-corrected chi connectivity index (χ3v) is 4.80. The third-order valence-electron chi connectivity index (χ3n) is 4.80. The Hall–Kier alpha value is -2.24. The summed E-state index contributed by atoms with van der Waals surface area (Å²) in [6.45, 7) is 0.469. The van der Waals surface area contributed by atoms with Crippen molar-refractivity contribution in [2.24, 2.45) is 0 Å². The van der Waals surface area contributed by atoms with Crippen LogP contribution in [-0.4, -0.2) is 54.2 Å². The van der Waals surface area contributed by atoms with E-state index < -0.39 is 60.6 Å². The minimum Gasteiger partial charge on any atom is -0.493 e. The smallest absolute Gasteiger partial charge is 0.460 e. The summed E-state index contributed by atoms with van der Waals surface area (Å²) < 4.78 is 231. The Bertz CT molecular complexity index is 908. The van der Waals surface area contributed by atoms with Crippen LogP contribution in [0.15, 0.2) is 24.5 Å². The van der Waals surface area contributed by atoms with Gasteiger partial charge in [0.2, 0.25) is 0 Å². The van der Waals surface area contributed by atoms with Crippen LogP contribution >= 0.6 is 0 Å². The Morgan fingerprint density at radius 2 is 0.973 bits per heavy atom. The molecule has 0 saturated carbocycles. The SMILES string of the molecule is CCCOc1cc[n+](CCC(F)(F)C(F)(F)C(F)(F)C(F)(F)C(F)(F)C(F)(F)C(F)(F)C(F)(F)F)cc1. The molecule has 0 amide bonds. The van der Waals surface area contributed by atoms with Crippen molar-refractivity contribution < 1.29 is 83.9 Å². The lowest BCUT2D eigenvalue weighted by atomic mass is 9.88. The van der Waals surface area contributed by atoms with Gasteiger partial charge in [-0.05, 0) is 6.42 Å². The lowest BCUT2D eigenvalue weighted by Crippen LogP contribution is -2.74. The van der Waals surface area contributed by atoms with Crippen molar-refractivity contribution in [2.45, 2.75) is 73.9 Å². The first-order chi connectivity index (χ1) is 16.3. The molecule has 19 heteroatoms. The van der Waals surface area contributed by atoms with Gasteiger partial charge in [-0.2, -0.15) is 74.6 Å². The van der Waals surface area contributed by atoms with E-state index in [2.05, 4.69) is 0 Å². The number of rotatable bonds is 12. The molecule has 0 radical (unpaired) electrons. The average molecular weight is 584 g/mol. The van der Waals surface area contributed by atoms with Crippen LogP contribution in [0.4, 0.5) is 74.6 Å². The monoisotopic (exact) mass is 584 g/mol. The number of alkyl halides is 17. The van der Waals surface area contributed by atoms with E-state index in [0.29, 0.717) is 11.0 Å². The highest BCUT2D eigenvalue weighted by Gasteiger charge is 2.95. The van der Waals surface area contributed by atoms with Gasteiger partial charge in [-0.25, -0.2) is 4.57 Å². The highest BCUT2D eigenvalue weighted by Crippen LogP contribution is 2.64. The summed E-state index contributed by atoms with van der Waals surface area (Å²) in [6, 6.07) is 2.11. The van der Waals surface area contributed by atoms with Gasteiger partial charge in [-0.1, -0.05) is 6.92 Å². The zero-order chi connectivity index (χ0) is 29.5. The van der Waals surface area contributed by atoms with Gasteiger partial charge in [0, 0.05) is 12.1 Å². The van der Waals surface area contributed by atoms with Crippen molar-refractivity contribution in [1.29, 1.82) is 0 Å². The van der Waals surface area contributed by atoms with Crippen LogP contribution in [0.2, 0.25) is 0 Å². The molecule has 0 saturated heterocycles. The minimum atomic E-state index is -8.62. The van der Waals surface area contributed by atoms with E-state index in [0.717, 1.165) is 24.5 Å². The van der Waals surface area contributed by atoms with E-state index in [-0.39, 0.29) is 12.4 Å². The standard InChI is InChI=1S/C18H15F17NO/c1-2-9-37-10-3-6-36(7-4-10)8-5-11(19,20)12(21,22)13(23,24)14(25,26)15(27,28)16(29,30)17(31,32)18(33,34)35/h3-4,6-7H,2,5,8-9H2,1H3/q+1. The number of pyridine rings is 1. The molecule has 0 bridgehead atoms. The quantitative estimate of drug-likeness (QED) is 0.188. The molecular formula is C18H15F17NO+. The summed E-state index contributed by atoms with van der Waals surface area (Å²) in [5.74, 6) is -56.1. The van der Waals surface area contributed by atoms with Crippen LogP contribution in [0, 0.1) is 0 Å². The van der Waals surface area contributed by atoms with Crippen LogP contribution in [0.1, 0.15) is 19.8 Å². The van der Waals surface area contributed by atoms with Gasteiger partial charge < -0.3 is 4.74 Å².